The fraction of sp³-hybridized carbons (Fsp3) is 0.394. The molecule has 1 N–H and O–H groups in total. The van der Waals surface area contributed by atoms with Gasteiger partial charge in [-0.25, -0.2) is 0 Å². The second-order valence-corrected chi connectivity index (χ2v) is 11.5. The summed E-state index contributed by atoms with van der Waals surface area (Å²) in [4.78, 5) is 30.2. The van der Waals surface area contributed by atoms with Crippen LogP contribution in [0.5, 0.6) is 5.75 Å². The average Bonchev–Trinajstić information content (AvgIpc) is 3.33. The number of fused-ring (bicyclic) bond motifs is 3. The molecule has 0 aromatic heterocycles. The van der Waals surface area contributed by atoms with Crippen LogP contribution in [0, 0.1) is 0 Å². The standard InChI is InChI=1S/C33H35ClF3N3O3/c1-3-4-16-40(20-33(35,36)37)32(42)30-25-9-6-5-8-23(25)24-10-7-11-27(29(24)30)39-17-14-22(15-18-39)38-31(41)26-19-21(34)12-13-28(26)43-2/h5-13,19,22,30H,3-4,14-18,20H2,1-2H3,(H,38,41). The van der Waals surface area contributed by atoms with Gasteiger partial charge in [0.25, 0.3) is 5.91 Å². The second kappa shape index (κ2) is 12.9. The van der Waals surface area contributed by atoms with Gasteiger partial charge in [0, 0.05) is 41.9 Å². The van der Waals surface area contributed by atoms with E-state index in [0.29, 0.717) is 55.1 Å². The second-order valence-electron chi connectivity index (χ2n) is 11.1. The molecule has 1 unspecified atom stereocenters. The quantitative estimate of drug-likeness (QED) is 0.281. The number of halogens is 4. The Morgan fingerprint density at radius 1 is 1.05 bits per heavy atom. The molecule has 3 aromatic carbocycles. The first kappa shape index (κ1) is 30.7. The number of nitrogens with zero attached hydrogens (tertiary/aromatic N) is 2. The predicted molar refractivity (Wildman–Crippen MR) is 162 cm³/mol. The van der Waals surface area contributed by atoms with Gasteiger partial charge < -0.3 is 19.9 Å². The van der Waals surface area contributed by atoms with Crippen molar-refractivity contribution in [2.24, 2.45) is 0 Å². The molecule has 0 radical (unpaired) electrons. The highest BCUT2D eigenvalue weighted by Gasteiger charge is 2.42. The molecule has 2 aliphatic rings. The molecule has 6 nitrogen and oxygen atoms in total. The zero-order valence-electron chi connectivity index (χ0n) is 24.2. The highest BCUT2D eigenvalue weighted by atomic mass is 35.5. The Hall–Kier alpha value is -3.72. The molecule has 10 heteroatoms. The molecule has 5 rings (SSSR count). The van der Waals surface area contributed by atoms with Crippen LogP contribution in [-0.4, -0.2) is 62.2 Å². The van der Waals surface area contributed by atoms with Gasteiger partial charge in [-0.05, 0) is 60.2 Å². The van der Waals surface area contributed by atoms with Gasteiger partial charge in [0.1, 0.15) is 12.3 Å². The lowest BCUT2D eigenvalue weighted by molar-refractivity contribution is -0.161. The average molecular weight is 614 g/mol. The molecule has 1 aliphatic carbocycles. The summed E-state index contributed by atoms with van der Waals surface area (Å²) in [5.74, 6) is -1.18. The number of piperidine rings is 1. The van der Waals surface area contributed by atoms with E-state index in [2.05, 4.69) is 10.2 Å². The summed E-state index contributed by atoms with van der Waals surface area (Å²) in [5.41, 5.74) is 4.44. The highest BCUT2D eigenvalue weighted by molar-refractivity contribution is 6.31. The molecule has 0 bridgehead atoms. The number of amides is 2. The van der Waals surface area contributed by atoms with Gasteiger partial charge in [-0.2, -0.15) is 13.2 Å². The van der Waals surface area contributed by atoms with Crippen LogP contribution in [0.25, 0.3) is 11.1 Å². The van der Waals surface area contributed by atoms with Gasteiger partial charge >= 0.3 is 6.18 Å². The maximum Gasteiger partial charge on any atom is 0.406 e. The van der Waals surface area contributed by atoms with Gasteiger partial charge in [0.05, 0.1) is 18.6 Å². The minimum atomic E-state index is -4.49. The van der Waals surface area contributed by atoms with Crippen molar-refractivity contribution >= 4 is 29.1 Å². The minimum absolute atomic E-state index is 0.0491. The third-order valence-corrected chi connectivity index (χ3v) is 8.46. The number of anilines is 1. The Morgan fingerprint density at radius 3 is 2.47 bits per heavy atom. The Labute approximate surface area is 254 Å². The number of methoxy groups -OCH3 is 1. The summed E-state index contributed by atoms with van der Waals surface area (Å²) in [5, 5.41) is 3.52. The van der Waals surface area contributed by atoms with E-state index in [1.165, 1.54) is 7.11 Å². The largest absolute Gasteiger partial charge is 0.496 e. The molecule has 1 saturated heterocycles. The summed E-state index contributed by atoms with van der Waals surface area (Å²) >= 11 is 6.11. The number of ether oxygens (including phenoxy) is 1. The molecule has 1 atom stereocenters. The highest BCUT2D eigenvalue weighted by Crippen LogP contribution is 2.50. The molecule has 1 fully saturated rings. The zero-order valence-corrected chi connectivity index (χ0v) is 25.0. The Balaban J connectivity index is 1.39. The van der Waals surface area contributed by atoms with E-state index in [9.17, 15) is 22.8 Å². The molecule has 1 heterocycles. The zero-order chi connectivity index (χ0) is 30.7. The van der Waals surface area contributed by atoms with Crippen LogP contribution in [0.1, 0.15) is 60.0 Å². The summed E-state index contributed by atoms with van der Waals surface area (Å²) < 4.78 is 46.1. The van der Waals surface area contributed by atoms with Crippen molar-refractivity contribution in [3.63, 3.8) is 0 Å². The van der Waals surface area contributed by atoms with Crippen LogP contribution in [0.15, 0.2) is 60.7 Å². The molecule has 1 aliphatic heterocycles. The Bertz CT molecular complexity index is 1490. The van der Waals surface area contributed by atoms with E-state index >= 15 is 0 Å². The third-order valence-electron chi connectivity index (χ3n) is 8.22. The first-order valence-corrected chi connectivity index (χ1v) is 15.0. The van der Waals surface area contributed by atoms with Crippen LogP contribution in [0.4, 0.5) is 18.9 Å². The van der Waals surface area contributed by atoms with E-state index in [4.69, 9.17) is 16.3 Å². The minimum Gasteiger partial charge on any atom is -0.496 e. The monoisotopic (exact) mass is 613 g/mol. The van der Waals surface area contributed by atoms with Gasteiger partial charge in [-0.15, -0.1) is 0 Å². The van der Waals surface area contributed by atoms with E-state index < -0.39 is 24.5 Å². The third kappa shape index (κ3) is 6.61. The van der Waals surface area contributed by atoms with Crippen molar-refractivity contribution in [3.8, 4) is 16.9 Å². The summed E-state index contributed by atoms with van der Waals surface area (Å²) in [6.45, 7) is 1.88. The van der Waals surface area contributed by atoms with Crippen molar-refractivity contribution in [2.75, 3.05) is 38.2 Å². The van der Waals surface area contributed by atoms with Crippen LogP contribution in [-0.2, 0) is 4.79 Å². The van der Waals surface area contributed by atoms with Gasteiger partial charge in [0.15, 0.2) is 0 Å². The number of carbonyl (C=O) groups excluding carboxylic acids is 2. The van der Waals surface area contributed by atoms with Gasteiger partial charge in [-0.3, -0.25) is 9.59 Å². The van der Waals surface area contributed by atoms with Crippen molar-refractivity contribution in [1.82, 2.24) is 10.2 Å². The lowest BCUT2D eigenvalue weighted by atomic mass is 9.92. The van der Waals surface area contributed by atoms with Gasteiger partial charge in [-0.1, -0.05) is 61.3 Å². The molecule has 228 valence electrons. The first-order valence-electron chi connectivity index (χ1n) is 14.6. The smallest absolute Gasteiger partial charge is 0.406 e. The molecular weight excluding hydrogens is 579 g/mol. The number of hydrogen-bond acceptors (Lipinski definition) is 4. The van der Waals surface area contributed by atoms with Crippen molar-refractivity contribution < 1.29 is 27.5 Å². The van der Waals surface area contributed by atoms with E-state index in [1.807, 2.05) is 49.4 Å². The van der Waals surface area contributed by atoms with Crippen LogP contribution in [0.3, 0.4) is 0 Å². The van der Waals surface area contributed by atoms with Gasteiger partial charge in [0.2, 0.25) is 5.91 Å². The van der Waals surface area contributed by atoms with Crippen LogP contribution >= 0.6 is 11.6 Å². The lowest BCUT2D eigenvalue weighted by Gasteiger charge is -2.36. The topological polar surface area (TPSA) is 61.9 Å². The van der Waals surface area contributed by atoms with Crippen molar-refractivity contribution in [2.45, 2.75) is 50.7 Å². The number of nitrogens with one attached hydrogen (secondary N) is 1. The van der Waals surface area contributed by atoms with Crippen LogP contribution < -0.4 is 15.0 Å². The molecule has 2 amide bonds. The number of alkyl halides is 3. The number of carbonyl (C=O) groups is 2. The molecule has 0 saturated carbocycles. The number of hydrogen-bond donors (Lipinski definition) is 1. The first-order chi connectivity index (χ1) is 20.6. The number of benzene rings is 3. The molecule has 3 aromatic rings. The summed E-state index contributed by atoms with van der Waals surface area (Å²) in [7, 11) is 1.50. The Kier molecular flexibility index (Phi) is 9.20. The molecule has 0 spiro atoms. The maximum absolute atomic E-state index is 14.0. The van der Waals surface area contributed by atoms with Crippen LogP contribution in [0.2, 0.25) is 5.02 Å². The summed E-state index contributed by atoms with van der Waals surface area (Å²) in [6, 6.07) is 18.1. The van der Waals surface area contributed by atoms with E-state index in [-0.39, 0.29) is 18.5 Å². The molecule has 43 heavy (non-hydrogen) atoms. The number of unbranched alkanes of at least 4 members (excludes halogenated alkanes) is 1. The molecular formula is C33H35ClF3N3O3. The maximum atomic E-state index is 14.0. The van der Waals surface area contributed by atoms with E-state index in [0.717, 1.165) is 32.8 Å². The normalized spacial score (nSPS) is 16.4. The predicted octanol–water partition coefficient (Wildman–Crippen LogP) is 7.05. The van der Waals surface area contributed by atoms with Crippen molar-refractivity contribution in [3.05, 3.63) is 82.4 Å². The summed E-state index contributed by atoms with van der Waals surface area (Å²) in [6.07, 6.45) is -2.02. The lowest BCUT2D eigenvalue weighted by Crippen LogP contribution is -2.45. The fourth-order valence-electron chi connectivity index (χ4n) is 6.17. The Morgan fingerprint density at radius 2 is 1.77 bits per heavy atom. The van der Waals surface area contributed by atoms with E-state index in [1.54, 1.807) is 18.2 Å². The number of rotatable bonds is 9. The SMILES string of the molecule is CCCCN(CC(F)(F)F)C(=O)C1c2ccccc2-c2cccc(N3CCC(NC(=O)c4cc(Cl)ccc4OC)CC3)c21. The fourth-order valence-corrected chi connectivity index (χ4v) is 6.35. The van der Waals surface area contributed by atoms with Crippen molar-refractivity contribution in [1.29, 1.82) is 0 Å².